The van der Waals surface area contributed by atoms with Gasteiger partial charge in [0, 0.05) is 32.9 Å². The number of nitrogens with one attached hydrogen (secondary N) is 1. The highest BCUT2D eigenvalue weighted by Crippen LogP contribution is 2.21. The number of anilines is 1. The molecule has 0 aliphatic heterocycles. The van der Waals surface area contributed by atoms with Gasteiger partial charge in [-0.05, 0) is 60.9 Å². The molecule has 3 aromatic carbocycles. The first-order chi connectivity index (χ1) is 16.2. The molecule has 0 radical (unpaired) electrons. The Balaban J connectivity index is 1.89. The van der Waals surface area contributed by atoms with Gasteiger partial charge in [0.15, 0.2) is 0 Å². The van der Waals surface area contributed by atoms with Crippen molar-refractivity contribution in [3.05, 3.63) is 72.3 Å². The van der Waals surface area contributed by atoms with Gasteiger partial charge in [-0.25, -0.2) is 13.1 Å². The van der Waals surface area contributed by atoms with Gasteiger partial charge in [0.1, 0.15) is 5.92 Å². The highest BCUT2D eigenvalue weighted by atomic mass is 32.2. The molecule has 1 unspecified atom stereocenters. The number of rotatable bonds is 9. The molecule has 0 fully saturated rings. The number of benzene rings is 3. The maximum atomic E-state index is 13.2. The molecule has 1 N–H and O–H groups in total. The largest absolute Gasteiger partial charge is 0.378 e. The van der Waals surface area contributed by atoms with Crippen LogP contribution in [0.15, 0.2) is 71.6 Å². The van der Waals surface area contributed by atoms with E-state index in [4.69, 9.17) is 0 Å². The number of fused-ring (bicyclic) bond motifs is 1. The van der Waals surface area contributed by atoms with Gasteiger partial charge in [0.05, 0.1) is 4.90 Å². The van der Waals surface area contributed by atoms with E-state index in [9.17, 15) is 18.0 Å². The van der Waals surface area contributed by atoms with E-state index in [1.807, 2.05) is 75.3 Å². The van der Waals surface area contributed by atoms with Crippen molar-refractivity contribution in [3.8, 4) is 0 Å². The summed E-state index contributed by atoms with van der Waals surface area (Å²) in [4.78, 5) is 29.9. The molecule has 180 valence electrons. The smallest absolute Gasteiger partial charge is 0.264 e. The molecule has 0 saturated carbocycles. The van der Waals surface area contributed by atoms with Gasteiger partial charge in [0.25, 0.3) is 10.0 Å². The van der Waals surface area contributed by atoms with Crippen molar-refractivity contribution in [3.63, 3.8) is 0 Å². The Bertz CT molecular complexity index is 1270. The monoisotopic (exact) mass is 481 g/mol. The average molecular weight is 482 g/mol. The Morgan fingerprint density at radius 2 is 1.50 bits per heavy atom. The van der Waals surface area contributed by atoms with Gasteiger partial charge >= 0.3 is 0 Å². The van der Waals surface area contributed by atoms with Gasteiger partial charge in [-0.3, -0.25) is 9.59 Å². The standard InChI is InChI=1S/C26H31N3O4S/c1-5-29(6-2)26(31)24(17-19-11-14-22(15-12-19)28(3)4)25(30)27-34(32,33)23-16-13-20-9-7-8-10-21(20)18-23/h7-16,18,24H,5-6,17H2,1-4H3,(H,27,30). The fraction of sp³-hybridized carbons (Fsp3) is 0.308. The van der Waals surface area contributed by atoms with E-state index in [2.05, 4.69) is 4.72 Å². The fourth-order valence-electron chi connectivity index (χ4n) is 3.81. The van der Waals surface area contributed by atoms with E-state index >= 15 is 0 Å². The Hall–Kier alpha value is -3.39. The van der Waals surface area contributed by atoms with Crippen molar-refractivity contribution in [2.45, 2.75) is 25.2 Å². The van der Waals surface area contributed by atoms with Gasteiger partial charge in [0.2, 0.25) is 11.8 Å². The van der Waals surface area contributed by atoms with Gasteiger partial charge in [-0.1, -0.05) is 42.5 Å². The summed E-state index contributed by atoms with van der Waals surface area (Å²) < 4.78 is 28.2. The van der Waals surface area contributed by atoms with Crippen molar-refractivity contribution in [1.82, 2.24) is 9.62 Å². The van der Waals surface area contributed by atoms with Crippen LogP contribution >= 0.6 is 0 Å². The third-order valence-corrected chi connectivity index (χ3v) is 7.19. The summed E-state index contributed by atoms with van der Waals surface area (Å²) in [5, 5.41) is 1.64. The number of carbonyl (C=O) groups excluding carboxylic acids is 2. The maximum Gasteiger partial charge on any atom is 0.264 e. The summed E-state index contributed by atoms with van der Waals surface area (Å²) in [6, 6.07) is 19.5. The van der Waals surface area contributed by atoms with E-state index in [0.29, 0.717) is 13.1 Å². The molecule has 0 aliphatic carbocycles. The molecule has 8 heteroatoms. The summed E-state index contributed by atoms with van der Waals surface area (Å²) in [5.41, 5.74) is 1.76. The van der Waals surface area contributed by atoms with Crippen LogP contribution in [0.4, 0.5) is 5.69 Å². The van der Waals surface area contributed by atoms with Crippen LogP contribution in [0.3, 0.4) is 0 Å². The topological polar surface area (TPSA) is 86.8 Å². The van der Waals surface area contributed by atoms with Crippen molar-refractivity contribution in [2.75, 3.05) is 32.1 Å². The number of hydrogen-bond acceptors (Lipinski definition) is 5. The minimum Gasteiger partial charge on any atom is -0.378 e. The average Bonchev–Trinajstić information content (AvgIpc) is 2.82. The first kappa shape index (κ1) is 25.2. The Morgan fingerprint density at radius 1 is 0.882 bits per heavy atom. The number of carbonyl (C=O) groups is 2. The van der Waals surface area contributed by atoms with Crippen LogP contribution in [0.25, 0.3) is 10.8 Å². The molecular formula is C26H31N3O4S. The van der Waals surface area contributed by atoms with Crippen LogP contribution < -0.4 is 9.62 Å². The second kappa shape index (κ2) is 10.7. The molecule has 0 spiro atoms. The number of nitrogens with zero attached hydrogens (tertiary/aromatic N) is 2. The lowest BCUT2D eigenvalue weighted by Crippen LogP contribution is -2.46. The van der Waals surface area contributed by atoms with Crippen LogP contribution in [0.5, 0.6) is 0 Å². The fourth-order valence-corrected chi connectivity index (χ4v) is 4.87. The summed E-state index contributed by atoms with van der Waals surface area (Å²) >= 11 is 0. The molecule has 0 bridgehead atoms. The van der Waals surface area contributed by atoms with Crippen LogP contribution in [0.2, 0.25) is 0 Å². The van der Waals surface area contributed by atoms with Gasteiger partial charge in [-0.15, -0.1) is 0 Å². The third kappa shape index (κ3) is 5.75. The molecule has 2 amide bonds. The lowest BCUT2D eigenvalue weighted by atomic mass is 9.97. The van der Waals surface area contributed by atoms with E-state index in [1.54, 1.807) is 17.0 Å². The number of sulfonamides is 1. The molecule has 3 rings (SSSR count). The summed E-state index contributed by atoms with van der Waals surface area (Å²) in [5.74, 6) is -2.39. The molecule has 0 heterocycles. The van der Waals surface area contributed by atoms with Crippen LogP contribution in [0.1, 0.15) is 19.4 Å². The van der Waals surface area contributed by atoms with Crippen LogP contribution in [0, 0.1) is 5.92 Å². The molecule has 34 heavy (non-hydrogen) atoms. The van der Waals surface area contributed by atoms with Crippen molar-refractivity contribution in [2.24, 2.45) is 5.92 Å². The molecule has 0 aliphatic rings. The quantitative estimate of drug-likeness (QED) is 0.473. The number of hydrogen-bond donors (Lipinski definition) is 1. The Kier molecular flexibility index (Phi) is 7.94. The Labute approximate surface area is 201 Å². The highest BCUT2D eigenvalue weighted by molar-refractivity contribution is 7.90. The van der Waals surface area contributed by atoms with Gasteiger partial charge in [-0.2, -0.15) is 0 Å². The summed E-state index contributed by atoms with van der Waals surface area (Å²) in [6.45, 7) is 4.51. The molecule has 3 aromatic rings. The van der Waals surface area contributed by atoms with E-state index < -0.39 is 27.8 Å². The van der Waals surface area contributed by atoms with Crippen LogP contribution in [-0.4, -0.2) is 52.3 Å². The SMILES string of the molecule is CCN(CC)C(=O)C(Cc1ccc(N(C)C)cc1)C(=O)NS(=O)(=O)c1ccc2ccccc2c1. The van der Waals surface area contributed by atoms with E-state index in [1.165, 1.54) is 12.1 Å². The zero-order valence-electron chi connectivity index (χ0n) is 20.0. The van der Waals surface area contributed by atoms with Gasteiger partial charge < -0.3 is 9.80 Å². The second-order valence-electron chi connectivity index (χ2n) is 8.31. The van der Waals surface area contributed by atoms with Crippen molar-refractivity contribution in [1.29, 1.82) is 0 Å². The maximum absolute atomic E-state index is 13.2. The highest BCUT2D eigenvalue weighted by Gasteiger charge is 2.33. The zero-order chi connectivity index (χ0) is 24.9. The predicted octanol–water partition coefficient (Wildman–Crippen LogP) is 3.44. The number of amides is 2. The lowest BCUT2D eigenvalue weighted by molar-refractivity contribution is -0.141. The van der Waals surface area contributed by atoms with E-state index in [0.717, 1.165) is 22.0 Å². The second-order valence-corrected chi connectivity index (χ2v) is 9.99. The molecule has 0 aromatic heterocycles. The Morgan fingerprint density at radius 3 is 2.09 bits per heavy atom. The first-order valence-corrected chi connectivity index (χ1v) is 12.7. The lowest BCUT2D eigenvalue weighted by Gasteiger charge is -2.25. The minimum atomic E-state index is -4.16. The van der Waals surface area contributed by atoms with E-state index in [-0.39, 0.29) is 11.3 Å². The normalized spacial score (nSPS) is 12.2. The first-order valence-electron chi connectivity index (χ1n) is 11.3. The van der Waals surface area contributed by atoms with Crippen molar-refractivity contribution < 1.29 is 18.0 Å². The minimum absolute atomic E-state index is 0.0241. The third-order valence-electron chi connectivity index (χ3n) is 5.85. The summed E-state index contributed by atoms with van der Waals surface area (Å²) in [6.07, 6.45) is 0.0993. The molecule has 0 saturated heterocycles. The predicted molar refractivity (Wildman–Crippen MR) is 135 cm³/mol. The molecular weight excluding hydrogens is 450 g/mol. The van der Waals surface area contributed by atoms with Crippen molar-refractivity contribution >= 4 is 38.3 Å². The zero-order valence-corrected chi connectivity index (χ0v) is 20.8. The molecule has 7 nitrogen and oxygen atoms in total. The molecule has 1 atom stereocenters. The van der Waals surface area contributed by atoms with Crippen LogP contribution in [-0.2, 0) is 26.0 Å². The summed E-state index contributed by atoms with van der Waals surface area (Å²) in [7, 11) is -0.309.